The van der Waals surface area contributed by atoms with Crippen LogP contribution in [0.2, 0.25) is 0 Å². The maximum atomic E-state index is 12.9. The molecule has 4 rings (SSSR count). The number of fused-ring (bicyclic) bond motifs is 1. The predicted molar refractivity (Wildman–Crippen MR) is 109 cm³/mol. The van der Waals surface area contributed by atoms with Crippen molar-refractivity contribution in [2.45, 2.75) is 25.9 Å². The Morgan fingerprint density at radius 3 is 2.83 bits per heavy atom. The molecule has 1 aromatic heterocycles. The van der Waals surface area contributed by atoms with E-state index >= 15 is 0 Å². The summed E-state index contributed by atoms with van der Waals surface area (Å²) in [5.41, 5.74) is 3.11. The highest BCUT2D eigenvalue weighted by molar-refractivity contribution is 5.81. The van der Waals surface area contributed by atoms with Crippen LogP contribution < -0.4 is 4.74 Å². The molecule has 0 fully saturated rings. The molecule has 1 aliphatic heterocycles. The van der Waals surface area contributed by atoms with Gasteiger partial charge < -0.3 is 14.7 Å². The van der Waals surface area contributed by atoms with Crippen LogP contribution in [-0.4, -0.2) is 50.0 Å². The molecule has 1 N–H and O–H groups in total. The van der Waals surface area contributed by atoms with Gasteiger partial charge in [0.25, 0.3) is 0 Å². The summed E-state index contributed by atoms with van der Waals surface area (Å²) < 4.78 is 6.99. The van der Waals surface area contributed by atoms with Gasteiger partial charge in [0.05, 0.1) is 18.7 Å². The largest absolute Gasteiger partial charge is 0.494 e. The molecule has 2 aromatic carbocycles. The van der Waals surface area contributed by atoms with E-state index in [0.717, 1.165) is 22.4 Å². The number of carbonyl (C=O) groups is 2. The molecule has 2 heterocycles. The molecule has 8 nitrogen and oxygen atoms in total. The van der Waals surface area contributed by atoms with Crippen LogP contribution in [-0.2, 0) is 22.7 Å². The number of aromatic nitrogens is 3. The van der Waals surface area contributed by atoms with Crippen LogP contribution >= 0.6 is 0 Å². The van der Waals surface area contributed by atoms with E-state index in [1.165, 1.54) is 4.68 Å². The number of aliphatic carboxylic acids is 1. The molecule has 1 atom stereocenters. The molecule has 0 spiro atoms. The minimum atomic E-state index is -0.933. The van der Waals surface area contributed by atoms with Crippen LogP contribution in [0.4, 0.5) is 0 Å². The number of amides is 1. The zero-order chi connectivity index (χ0) is 21.1. The Morgan fingerprint density at radius 1 is 1.20 bits per heavy atom. The van der Waals surface area contributed by atoms with Crippen LogP contribution in [0.3, 0.4) is 0 Å². The van der Waals surface area contributed by atoms with Crippen LogP contribution in [0.25, 0.3) is 11.3 Å². The van der Waals surface area contributed by atoms with Crippen molar-refractivity contribution in [1.29, 1.82) is 0 Å². The van der Waals surface area contributed by atoms with E-state index in [4.69, 9.17) is 4.74 Å². The molecule has 0 bridgehead atoms. The van der Waals surface area contributed by atoms with E-state index in [0.29, 0.717) is 18.8 Å². The zero-order valence-electron chi connectivity index (χ0n) is 16.6. The van der Waals surface area contributed by atoms with E-state index in [1.54, 1.807) is 11.1 Å². The molecular formula is C22H22N4O4. The number of rotatable bonds is 6. The van der Waals surface area contributed by atoms with Crippen LogP contribution in [0.5, 0.6) is 5.75 Å². The first-order valence-corrected chi connectivity index (χ1v) is 9.77. The van der Waals surface area contributed by atoms with E-state index in [2.05, 4.69) is 10.3 Å². The van der Waals surface area contributed by atoms with Gasteiger partial charge >= 0.3 is 5.97 Å². The highest BCUT2D eigenvalue weighted by Gasteiger charge is 2.32. The van der Waals surface area contributed by atoms with Gasteiger partial charge in [-0.1, -0.05) is 41.6 Å². The van der Waals surface area contributed by atoms with Gasteiger partial charge in [0.15, 0.2) is 0 Å². The Bertz CT molecular complexity index is 1080. The van der Waals surface area contributed by atoms with Crippen molar-refractivity contribution in [3.05, 3.63) is 65.9 Å². The lowest BCUT2D eigenvalue weighted by Crippen LogP contribution is -2.42. The Kier molecular flexibility index (Phi) is 5.47. The van der Waals surface area contributed by atoms with Gasteiger partial charge in [0.2, 0.25) is 5.91 Å². The molecule has 8 heteroatoms. The molecule has 0 saturated carbocycles. The van der Waals surface area contributed by atoms with Crippen molar-refractivity contribution in [3.8, 4) is 17.0 Å². The number of carbonyl (C=O) groups excluding carboxylic acids is 1. The summed E-state index contributed by atoms with van der Waals surface area (Å²) in [7, 11) is 0. The second-order valence-corrected chi connectivity index (χ2v) is 7.13. The first-order valence-electron chi connectivity index (χ1n) is 9.77. The number of hydrogen-bond acceptors (Lipinski definition) is 5. The topological polar surface area (TPSA) is 97.5 Å². The first-order chi connectivity index (χ1) is 14.5. The minimum absolute atomic E-state index is 0.00729. The number of nitrogens with zero attached hydrogens (tertiary/aromatic N) is 4. The molecule has 1 unspecified atom stereocenters. The summed E-state index contributed by atoms with van der Waals surface area (Å²) >= 11 is 0. The minimum Gasteiger partial charge on any atom is -0.494 e. The second-order valence-electron chi connectivity index (χ2n) is 7.13. The molecule has 0 radical (unpaired) electrons. The first kappa shape index (κ1) is 19.6. The average molecular weight is 406 g/mol. The van der Waals surface area contributed by atoms with Crippen LogP contribution in [0.15, 0.2) is 54.7 Å². The fourth-order valence-corrected chi connectivity index (χ4v) is 3.67. The summed E-state index contributed by atoms with van der Waals surface area (Å²) in [6.07, 6.45) is 1.70. The van der Waals surface area contributed by atoms with Gasteiger partial charge in [-0.2, -0.15) is 0 Å². The number of benzene rings is 2. The van der Waals surface area contributed by atoms with Crippen molar-refractivity contribution < 1.29 is 19.4 Å². The normalized spacial score (nSPS) is 15.5. The van der Waals surface area contributed by atoms with Gasteiger partial charge in [-0.25, -0.2) is 4.68 Å². The fourth-order valence-electron chi connectivity index (χ4n) is 3.67. The number of hydrogen-bond donors (Lipinski definition) is 1. The lowest BCUT2D eigenvalue weighted by atomic mass is 9.90. The van der Waals surface area contributed by atoms with Crippen LogP contribution in [0, 0.1) is 0 Å². The summed E-state index contributed by atoms with van der Waals surface area (Å²) in [6, 6.07) is 14.9. The Labute approximate surface area is 173 Å². The molecule has 1 amide bonds. The molecule has 0 saturated heterocycles. The standard InChI is InChI=1S/C22H22N4O4/c1-2-30-17-8-5-7-15(10-17)20-13-26(24-23-20)14-21(27)25-11-16-6-3-4-9-18(16)19(12-25)22(28)29/h3-10,13,19H,2,11-12,14H2,1H3,(H,28,29). The van der Waals surface area contributed by atoms with Gasteiger partial charge in [0.1, 0.15) is 18.0 Å². The van der Waals surface area contributed by atoms with E-state index in [1.807, 2.05) is 55.5 Å². The Morgan fingerprint density at radius 2 is 2.03 bits per heavy atom. The van der Waals surface area contributed by atoms with Crippen molar-refractivity contribution in [3.63, 3.8) is 0 Å². The summed E-state index contributed by atoms with van der Waals surface area (Å²) in [6.45, 7) is 3.01. The monoisotopic (exact) mass is 406 g/mol. The van der Waals surface area contributed by atoms with Gasteiger partial charge in [-0.3, -0.25) is 9.59 Å². The van der Waals surface area contributed by atoms with Crippen LogP contribution in [0.1, 0.15) is 24.0 Å². The number of ether oxygens (including phenoxy) is 1. The fraction of sp³-hybridized carbons (Fsp3) is 0.273. The van der Waals surface area contributed by atoms with E-state index in [-0.39, 0.29) is 19.0 Å². The number of carboxylic acid groups (broad SMARTS) is 1. The van der Waals surface area contributed by atoms with Crippen molar-refractivity contribution in [2.24, 2.45) is 0 Å². The summed E-state index contributed by atoms with van der Waals surface area (Å²) in [4.78, 5) is 26.1. The Hall–Kier alpha value is -3.68. The highest BCUT2D eigenvalue weighted by atomic mass is 16.5. The molecule has 30 heavy (non-hydrogen) atoms. The third kappa shape index (κ3) is 4.03. The highest BCUT2D eigenvalue weighted by Crippen LogP contribution is 2.29. The quantitative estimate of drug-likeness (QED) is 0.676. The van der Waals surface area contributed by atoms with Crippen molar-refractivity contribution in [1.82, 2.24) is 19.9 Å². The molecule has 154 valence electrons. The number of carboxylic acids is 1. The van der Waals surface area contributed by atoms with Gasteiger partial charge in [0, 0.05) is 18.7 Å². The van der Waals surface area contributed by atoms with Crippen molar-refractivity contribution in [2.75, 3.05) is 13.2 Å². The third-order valence-electron chi connectivity index (χ3n) is 5.12. The molecule has 3 aromatic rings. The second kappa shape index (κ2) is 8.36. The summed E-state index contributed by atoms with van der Waals surface area (Å²) in [5, 5.41) is 17.8. The predicted octanol–water partition coefficient (Wildman–Crippen LogP) is 2.55. The van der Waals surface area contributed by atoms with E-state index in [9.17, 15) is 14.7 Å². The molecule has 0 aliphatic carbocycles. The smallest absolute Gasteiger partial charge is 0.312 e. The average Bonchev–Trinajstić information content (AvgIpc) is 3.22. The van der Waals surface area contributed by atoms with Gasteiger partial charge in [-0.15, -0.1) is 5.10 Å². The van der Waals surface area contributed by atoms with E-state index < -0.39 is 11.9 Å². The lowest BCUT2D eigenvalue weighted by Gasteiger charge is -2.32. The maximum Gasteiger partial charge on any atom is 0.312 e. The lowest BCUT2D eigenvalue weighted by molar-refractivity contribution is -0.141. The molecular weight excluding hydrogens is 384 g/mol. The molecule has 1 aliphatic rings. The third-order valence-corrected chi connectivity index (χ3v) is 5.12. The van der Waals surface area contributed by atoms with Crippen molar-refractivity contribution >= 4 is 11.9 Å². The summed E-state index contributed by atoms with van der Waals surface area (Å²) in [5.74, 6) is -1.12. The maximum absolute atomic E-state index is 12.9. The zero-order valence-corrected chi connectivity index (χ0v) is 16.6. The van der Waals surface area contributed by atoms with Gasteiger partial charge in [-0.05, 0) is 30.2 Å². The Balaban J connectivity index is 1.49. The SMILES string of the molecule is CCOc1cccc(-c2cn(CC(=O)N3Cc4ccccc4C(C(=O)O)C3)nn2)c1.